The van der Waals surface area contributed by atoms with E-state index in [-0.39, 0.29) is 17.3 Å². The Morgan fingerprint density at radius 2 is 2.03 bits per heavy atom. The fourth-order valence-electron chi connectivity index (χ4n) is 3.34. The Labute approximate surface area is 181 Å². The SMILES string of the molecule is Nc1cc(F)c(-c2c(F)cccc2F)nc1C(=O)Nc1cncnc1OCC1CCNC1. The second-order valence-electron chi connectivity index (χ2n) is 7.22. The number of anilines is 2. The van der Waals surface area contributed by atoms with Crippen molar-refractivity contribution in [3.63, 3.8) is 0 Å². The first-order chi connectivity index (χ1) is 15.4. The van der Waals surface area contributed by atoms with E-state index in [1.165, 1.54) is 12.5 Å². The second kappa shape index (κ2) is 9.18. The van der Waals surface area contributed by atoms with Gasteiger partial charge in [-0.2, -0.15) is 4.98 Å². The van der Waals surface area contributed by atoms with Gasteiger partial charge in [-0.1, -0.05) is 6.07 Å². The summed E-state index contributed by atoms with van der Waals surface area (Å²) >= 11 is 0. The first kappa shape index (κ1) is 21.5. The van der Waals surface area contributed by atoms with E-state index in [1.807, 2.05) is 0 Å². The van der Waals surface area contributed by atoms with Gasteiger partial charge in [-0.25, -0.2) is 23.1 Å². The van der Waals surface area contributed by atoms with E-state index < -0.39 is 40.3 Å². The lowest BCUT2D eigenvalue weighted by molar-refractivity contribution is 0.102. The lowest BCUT2D eigenvalue weighted by Crippen LogP contribution is -2.20. The molecular formula is C21H19F3N6O2. The number of rotatable bonds is 6. The van der Waals surface area contributed by atoms with E-state index in [4.69, 9.17) is 10.5 Å². The molecule has 4 rings (SSSR count). The van der Waals surface area contributed by atoms with Crippen LogP contribution >= 0.6 is 0 Å². The molecule has 0 spiro atoms. The monoisotopic (exact) mass is 444 g/mol. The normalized spacial score (nSPS) is 15.5. The van der Waals surface area contributed by atoms with E-state index in [0.29, 0.717) is 12.5 Å². The molecule has 2 aromatic heterocycles. The van der Waals surface area contributed by atoms with E-state index in [9.17, 15) is 18.0 Å². The molecule has 0 bridgehead atoms. The van der Waals surface area contributed by atoms with Crippen molar-refractivity contribution in [1.82, 2.24) is 20.3 Å². The summed E-state index contributed by atoms with van der Waals surface area (Å²) in [6.45, 7) is 2.11. The number of carbonyl (C=O) groups excluding carboxylic acids is 1. The summed E-state index contributed by atoms with van der Waals surface area (Å²) < 4.78 is 48.4. The smallest absolute Gasteiger partial charge is 0.276 e. The maximum Gasteiger partial charge on any atom is 0.276 e. The summed E-state index contributed by atoms with van der Waals surface area (Å²) in [5.74, 6) is -3.52. The molecule has 1 aliphatic rings. The Hall–Kier alpha value is -3.73. The molecule has 32 heavy (non-hydrogen) atoms. The Bertz CT molecular complexity index is 1130. The fraction of sp³-hybridized carbons (Fsp3) is 0.238. The minimum absolute atomic E-state index is 0.140. The maximum absolute atomic E-state index is 14.4. The number of nitrogens with one attached hydrogen (secondary N) is 2. The molecule has 1 fully saturated rings. The van der Waals surface area contributed by atoms with Crippen molar-refractivity contribution >= 4 is 17.3 Å². The number of benzene rings is 1. The molecule has 4 N–H and O–H groups in total. The summed E-state index contributed by atoms with van der Waals surface area (Å²) in [4.78, 5) is 24.5. The van der Waals surface area contributed by atoms with E-state index in [1.54, 1.807) is 0 Å². The predicted molar refractivity (Wildman–Crippen MR) is 110 cm³/mol. The molecule has 1 atom stereocenters. The number of carbonyl (C=O) groups is 1. The highest BCUT2D eigenvalue weighted by atomic mass is 19.1. The second-order valence-corrected chi connectivity index (χ2v) is 7.22. The van der Waals surface area contributed by atoms with Crippen molar-refractivity contribution < 1.29 is 22.7 Å². The molecule has 0 aliphatic carbocycles. The van der Waals surface area contributed by atoms with Crippen LogP contribution in [0.3, 0.4) is 0 Å². The van der Waals surface area contributed by atoms with Gasteiger partial charge in [-0.15, -0.1) is 0 Å². The van der Waals surface area contributed by atoms with Gasteiger partial charge in [0, 0.05) is 18.5 Å². The van der Waals surface area contributed by atoms with Crippen LogP contribution in [0.4, 0.5) is 24.5 Å². The van der Waals surface area contributed by atoms with Gasteiger partial charge in [-0.3, -0.25) is 4.79 Å². The van der Waals surface area contributed by atoms with E-state index in [0.717, 1.165) is 43.8 Å². The summed E-state index contributed by atoms with van der Waals surface area (Å²) in [5, 5.41) is 5.74. The average molecular weight is 444 g/mol. The summed E-state index contributed by atoms with van der Waals surface area (Å²) in [5.41, 5.74) is 3.81. The number of hydrogen-bond acceptors (Lipinski definition) is 7. The van der Waals surface area contributed by atoms with Gasteiger partial charge in [0.15, 0.2) is 11.5 Å². The van der Waals surface area contributed by atoms with Crippen molar-refractivity contribution in [2.24, 2.45) is 5.92 Å². The zero-order valence-corrected chi connectivity index (χ0v) is 16.7. The molecular weight excluding hydrogens is 425 g/mol. The summed E-state index contributed by atoms with van der Waals surface area (Å²) in [6, 6.07) is 3.84. The minimum atomic E-state index is -1.07. The Morgan fingerprint density at radius 3 is 2.75 bits per heavy atom. The molecule has 0 saturated carbocycles. The number of pyridine rings is 1. The van der Waals surface area contributed by atoms with Gasteiger partial charge < -0.3 is 21.1 Å². The van der Waals surface area contributed by atoms with E-state index >= 15 is 0 Å². The number of ether oxygens (including phenoxy) is 1. The van der Waals surface area contributed by atoms with Gasteiger partial charge in [0.05, 0.1) is 24.1 Å². The number of aromatic nitrogens is 3. The lowest BCUT2D eigenvalue weighted by Gasteiger charge is -2.14. The van der Waals surface area contributed by atoms with Crippen molar-refractivity contribution in [3.05, 3.63) is 59.9 Å². The molecule has 166 valence electrons. The van der Waals surface area contributed by atoms with Crippen LogP contribution in [0.5, 0.6) is 5.88 Å². The highest BCUT2D eigenvalue weighted by Gasteiger charge is 2.23. The van der Waals surface area contributed by atoms with Gasteiger partial charge in [0.25, 0.3) is 5.91 Å². The van der Waals surface area contributed by atoms with Gasteiger partial charge in [-0.05, 0) is 25.1 Å². The number of nitrogens with zero attached hydrogens (tertiary/aromatic N) is 3. The van der Waals surface area contributed by atoms with Crippen LogP contribution in [-0.4, -0.2) is 40.6 Å². The van der Waals surface area contributed by atoms with Crippen LogP contribution in [0.25, 0.3) is 11.3 Å². The molecule has 1 amide bonds. The third-order valence-electron chi connectivity index (χ3n) is 4.96. The predicted octanol–water partition coefficient (Wildman–Crippen LogP) is 2.78. The third kappa shape index (κ3) is 4.47. The first-order valence-corrected chi connectivity index (χ1v) is 9.79. The topological polar surface area (TPSA) is 115 Å². The quantitative estimate of drug-likeness (QED) is 0.536. The molecule has 8 nitrogen and oxygen atoms in total. The van der Waals surface area contributed by atoms with Crippen molar-refractivity contribution in [3.8, 4) is 17.1 Å². The molecule has 1 saturated heterocycles. The standard InChI is InChI=1S/C21H19F3N6O2/c22-12-2-1-3-13(23)17(12)18-14(24)6-15(25)19(30-18)20(31)29-16-8-27-10-28-21(16)32-9-11-4-5-26-7-11/h1-3,6,8,10-11,26H,4-5,7,9,25H2,(H,29,31). The Balaban J connectivity index is 1.61. The van der Waals surface area contributed by atoms with Gasteiger partial charge in [0.1, 0.15) is 29.3 Å². The summed E-state index contributed by atoms with van der Waals surface area (Å²) in [7, 11) is 0. The number of halogens is 3. The molecule has 0 radical (unpaired) electrons. The van der Waals surface area contributed by atoms with E-state index in [2.05, 4.69) is 25.6 Å². The molecule has 1 aliphatic heterocycles. The van der Waals surface area contributed by atoms with Crippen LogP contribution < -0.4 is 21.1 Å². The molecule has 1 unspecified atom stereocenters. The molecule has 3 aromatic rings. The van der Waals surface area contributed by atoms with Crippen molar-refractivity contribution in [1.29, 1.82) is 0 Å². The zero-order valence-electron chi connectivity index (χ0n) is 16.7. The number of nitrogen functional groups attached to an aromatic ring is 1. The van der Waals surface area contributed by atoms with Crippen LogP contribution in [0, 0.1) is 23.4 Å². The maximum atomic E-state index is 14.4. The van der Waals surface area contributed by atoms with Crippen LogP contribution in [-0.2, 0) is 0 Å². The summed E-state index contributed by atoms with van der Waals surface area (Å²) in [6.07, 6.45) is 3.55. The van der Waals surface area contributed by atoms with Crippen LogP contribution in [0.1, 0.15) is 16.9 Å². The average Bonchev–Trinajstić information content (AvgIpc) is 3.28. The third-order valence-corrected chi connectivity index (χ3v) is 4.96. The fourth-order valence-corrected chi connectivity index (χ4v) is 3.34. The Morgan fingerprint density at radius 1 is 1.25 bits per heavy atom. The largest absolute Gasteiger partial charge is 0.476 e. The highest BCUT2D eigenvalue weighted by Crippen LogP contribution is 2.29. The van der Waals surface area contributed by atoms with Crippen molar-refractivity contribution in [2.45, 2.75) is 6.42 Å². The van der Waals surface area contributed by atoms with Crippen molar-refractivity contribution in [2.75, 3.05) is 30.7 Å². The Kier molecular flexibility index (Phi) is 6.17. The highest BCUT2D eigenvalue weighted by molar-refractivity contribution is 6.07. The van der Waals surface area contributed by atoms with Crippen LogP contribution in [0.2, 0.25) is 0 Å². The van der Waals surface area contributed by atoms with Crippen LogP contribution in [0.15, 0.2) is 36.8 Å². The zero-order chi connectivity index (χ0) is 22.7. The molecule has 3 heterocycles. The van der Waals surface area contributed by atoms with Gasteiger partial charge >= 0.3 is 0 Å². The number of nitrogens with two attached hydrogens (primary N) is 1. The number of amides is 1. The minimum Gasteiger partial charge on any atom is -0.476 e. The van der Waals surface area contributed by atoms with Gasteiger partial charge in [0.2, 0.25) is 5.88 Å². The first-order valence-electron chi connectivity index (χ1n) is 9.79. The number of hydrogen-bond donors (Lipinski definition) is 3. The lowest BCUT2D eigenvalue weighted by atomic mass is 10.1. The molecule has 1 aromatic carbocycles. The molecule has 11 heteroatoms.